The van der Waals surface area contributed by atoms with Crippen molar-refractivity contribution in [3.8, 4) is 0 Å². The van der Waals surface area contributed by atoms with Crippen LogP contribution in [0.25, 0.3) is 0 Å². The number of benzene rings is 3. The number of nitrogens with zero attached hydrogens (tertiary/aromatic N) is 1. The molecule has 3 aromatic carbocycles. The van der Waals surface area contributed by atoms with Crippen molar-refractivity contribution in [2.45, 2.75) is 25.5 Å². The molecule has 0 spiro atoms. The Balaban J connectivity index is 1.71. The predicted molar refractivity (Wildman–Crippen MR) is 130 cm³/mol. The van der Waals surface area contributed by atoms with Crippen LogP contribution in [0.1, 0.15) is 13.3 Å². The topological polar surface area (TPSA) is 66.8 Å². The summed E-state index contributed by atoms with van der Waals surface area (Å²) in [7, 11) is -2.53. The molecular weight excluding hydrogens is 421 g/mol. The first kappa shape index (κ1) is 22.0. The monoisotopic (exact) mass is 449 g/mol. The van der Waals surface area contributed by atoms with Gasteiger partial charge in [-0.1, -0.05) is 0 Å². The quantitative estimate of drug-likeness (QED) is 0.562. The van der Waals surface area contributed by atoms with Crippen LogP contribution in [-0.2, 0) is 9.53 Å². The summed E-state index contributed by atoms with van der Waals surface area (Å²) >= 11 is 0. The average molecular weight is 449 g/mol. The molecule has 1 amide bonds. The van der Waals surface area contributed by atoms with Gasteiger partial charge in [-0.15, -0.1) is 0 Å². The Morgan fingerprint density at radius 3 is 1.69 bits per heavy atom. The fourth-order valence-corrected chi connectivity index (χ4v) is 9.53. The number of carboxylic acids is 1. The Hall–Kier alpha value is -3.17. The second kappa shape index (κ2) is 9.54. The van der Waals surface area contributed by atoms with Gasteiger partial charge in [0.2, 0.25) is 0 Å². The molecule has 3 aromatic rings. The van der Waals surface area contributed by atoms with Crippen LogP contribution in [0.3, 0.4) is 0 Å². The van der Waals surface area contributed by atoms with Gasteiger partial charge >= 0.3 is 189 Å². The molecular formula is C26H28NO4P. The first-order chi connectivity index (χ1) is 15.5. The van der Waals surface area contributed by atoms with E-state index in [0.29, 0.717) is 19.1 Å². The van der Waals surface area contributed by atoms with Crippen molar-refractivity contribution in [2.24, 2.45) is 0 Å². The van der Waals surface area contributed by atoms with E-state index in [4.69, 9.17) is 4.74 Å². The first-order valence-electron chi connectivity index (χ1n) is 10.9. The van der Waals surface area contributed by atoms with Crippen LogP contribution in [0.15, 0.2) is 91.0 Å². The number of hydrogen-bond acceptors (Lipinski definition) is 3. The van der Waals surface area contributed by atoms with Gasteiger partial charge in [-0.3, -0.25) is 0 Å². The van der Waals surface area contributed by atoms with Crippen LogP contribution >= 0.6 is 7.26 Å². The van der Waals surface area contributed by atoms with Crippen molar-refractivity contribution in [2.75, 3.05) is 12.7 Å². The fraction of sp³-hybridized carbons (Fsp3) is 0.231. The molecule has 2 atom stereocenters. The van der Waals surface area contributed by atoms with Gasteiger partial charge in [0, 0.05) is 0 Å². The zero-order valence-corrected chi connectivity index (χ0v) is 19.1. The molecule has 1 heterocycles. The molecule has 0 aliphatic carbocycles. The van der Waals surface area contributed by atoms with Crippen molar-refractivity contribution in [3.63, 3.8) is 0 Å². The summed E-state index contributed by atoms with van der Waals surface area (Å²) in [5.41, 5.74) is 0. The molecule has 166 valence electrons. The number of carbonyl (C=O) groups excluding carboxylic acids is 1. The van der Waals surface area contributed by atoms with Gasteiger partial charge in [0.1, 0.15) is 0 Å². The fourth-order valence-electron chi connectivity index (χ4n) is 4.60. The van der Waals surface area contributed by atoms with Gasteiger partial charge in [0.25, 0.3) is 0 Å². The third-order valence-electron chi connectivity index (χ3n) is 6.23. The van der Waals surface area contributed by atoms with Crippen molar-refractivity contribution >= 4 is 35.2 Å². The number of rotatable bonds is 7. The van der Waals surface area contributed by atoms with Crippen molar-refractivity contribution in [1.82, 2.24) is 4.90 Å². The number of carbonyl (C=O) groups is 2. The van der Waals surface area contributed by atoms with Crippen LogP contribution in [-0.4, -0.2) is 46.9 Å². The van der Waals surface area contributed by atoms with Crippen LogP contribution in [0.5, 0.6) is 0 Å². The van der Waals surface area contributed by atoms with Gasteiger partial charge in [0.15, 0.2) is 0 Å². The molecule has 32 heavy (non-hydrogen) atoms. The van der Waals surface area contributed by atoms with Crippen molar-refractivity contribution in [3.05, 3.63) is 91.0 Å². The molecule has 1 saturated heterocycles. The zero-order chi connectivity index (χ0) is 22.6. The summed E-state index contributed by atoms with van der Waals surface area (Å²) < 4.78 is 5.81. The van der Waals surface area contributed by atoms with E-state index >= 15 is 0 Å². The van der Waals surface area contributed by atoms with E-state index < -0.39 is 25.4 Å². The van der Waals surface area contributed by atoms with E-state index in [1.807, 2.05) is 25.1 Å². The Kier molecular flexibility index (Phi) is 6.57. The summed E-state index contributed by atoms with van der Waals surface area (Å²) in [6, 6.07) is 30.5. The van der Waals surface area contributed by atoms with E-state index in [0.717, 1.165) is 0 Å². The standard InChI is InChI=1S/C26H28NO4P/c1-20(31-26(30)27-18-17-24(27)25(28)29)19-32(21-11-5-2-6-12-21,22-13-7-3-8-14-22)23-15-9-4-10-16-23/h2-16,20,24,32H,17-19H2,1H3,(H,28,29). The minimum atomic E-state index is -2.53. The van der Waals surface area contributed by atoms with Crippen molar-refractivity contribution in [1.29, 1.82) is 0 Å². The molecule has 2 unspecified atom stereocenters. The molecule has 4 rings (SSSR count). The average Bonchev–Trinajstić information content (AvgIpc) is 2.78. The second-order valence-corrected chi connectivity index (χ2v) is 12.2. The summed E-state index contributed by atoms with van der Waals surface area (Å²) in [6.45, 7) is 2.32. The van der Waals surface area contributed by atoms with E-state index in [2.05, 4.69) is 72.8 Å². The van der Waals surface area contributed by atoms with E-state index in [1.54, 1.807) is 0 Å². The maximum atomic E-state index is 12.7. The molecule has 0 radical (unpaired) electrons. The van der Waals surface area contributed by atoms with Crippen LogP contribution in [0.2, 0.25) is 0 Å². The molecule has 1 aliphatic heterocycles. The van der Waals surface area contributed by atoms with E-state index in [-0.39, 0.29) is 6.10 Å². The normalized spacial score (nSPS) is 17.2. The van der Waals surface area contributed by atoms with Crippen molar-refractivity contribution < 1.29 is 19.4 Å². The van der Waals surface area contributed by atoms with Crippen LogP contribution in [0.4, 0.5) is 4.79 Å². The summed E-state index contributed by atoms with van der Waals surface area (Å²) in [6.07, 6.45) is 0.191. The minimum absolute atomic E-state index is 0.384. The zero-order valence-electron chi connectivity index (χ0n) is 18.1. The predicted octanol–water partition coefficient (Wildman–Crippen LogP) is 3.40. The number of ether oxygens (including phenoxy) is 1. The number of amides is 1. The van der Waals surface area contributed by atoms with E-state index in [9.17, 15) is 14.7 Å². The first-order valence-corrected chi connectivity index (χ1v) is 13.1. The van der Waals surface area contributed by atoms with Gasteiger partial charge in [-0.2, -0.15) is 0 Å². The molecule has 0 saturated carbocycles. The summed E-state index contributed by atoms with van der Waals surface area (Å²) in [5, 5.41) is 13.0. The molecule has 1 fully saturated rings. The molecule has 6 heteroatoms. The molecule has 1 N–H and O–H groups in total. The Bertz CT molecular complexity index is 962. The van der Waals surface area contributed by atoms with Gasteiger partial charge < -0.3 is 0 Å². The Labute approximate surface area is 189 Å². The summed E-state index contributed by atoms with van der Waals surface area (Å²) in [4.78, 5) is 25.3. The molecule has 0 aromatic heterocycles. The third-order valence-corrected chi connectivity index (χ3v) is 11.4. The second-order valence-electron chi connectivity index (χ2n) is 8.24. The molecule has 5 nitrogen and oxygen atoms in total. The molecule has 0 bridgehead atoms. The number of hydrogen-bond donors (Lipinski definition) is 1. The van der Waals surface area contributed by atoms with Gasteiger partial charge in [-0.25, -0.2) is 0 Å². The number of likely N-dealkylation sites (tertiary alicyclic amines) is 1. The maximum absolute atomic E-state index is 12.7. The van der Waals surface area contributed by atoms with Gasteiger partial charge in [0.05, 0.1) is 0 Å². The molecule has 1 aliphatic rings. The van der Waals surface area contributed by atoms with Crippen LogP contribution < -0.4 is 15.9 Å². The number of aliphatic carboxylic acids is 1. The van der Waals surface area contributed by atoms with Gasteiger partial charge in [-0.05, 0) is 0 Å². The number of carboxylic acid groups (broad SMARTS) is 1. The Morgan fingerprint density at radius 2 is 1.34 bits per heavy atom. The van der Waals surface area contributed by atoms with Crippen LogP contribution in [0, 0.1) is 0 Å². The SMILES string of the molecule is CC(C[PH](c1ccccc1)(c1ccccc1)c1ccccc1)OC(=O)N1CCC1C(=O)O. The Morgan fingerprint density at radius 1 is 0.906 bits per heavy atom. The summed E-state index contributed by atoms with van der Waals surface area (Å²) in [5.74, 6) is -0.984. The van der Waals surface area contributed by atoms with E-state index in [1.165, 1.54) is 20.8 Å². The third kappa shape index (κ3) is 4.26.